The van der Waals surface area contributed by atoms with Gasteiger partial charge in [-0.1, -0.05) is 0 Å². The maximum Gasteiger partial charge on any atom is 0.252 e. The van der Waals surface area contributed by atoms with Crippen molar-refractivity contribution in [2.24, 2.45) is 5.92 Å². The molecule has 1 aliphatic carbocycles. The maximum atomic E-state index is 12.3. The summed E-state index contributed by atoms with van der Waals surface area (Å²) in [5.41, 5.74) is 0. The van der Waals surface area contributed by atoms with Gasteiger partial charge in [0.15, 0.2) is 0 Å². The van der Waals surface area contributed by atoms with E-state index in [0.29, 0.717) is 10.8 Å². The van der Waals surface area contributed by atoms with Gasteiger partial charge in [-0.25, -0.2) is 8.42 Å². The fourth-order valence-electron chi connectivity index (χ4n) is 1.76. The van der Waals surface area contributed by atoms with E-state index < -0.39 is 10.0 Å². The molecule has 0 amide bonds. The maximum absolute atomic E-state index is 12.3. The second kappa shape index (κ2) is 4.41. The van der Waals surface area contributed by atoms with Crippen LogP contribution in [0.5, 0.6) is 0 Å². The molecule has 1 aliphatic rings. The van der Waals surface area contributed by atoms with Crippen LogP contribution in [-0.2, 0) is 10.0 Å². The van der Waals surface area contributed by atoms with Gasteiger partial charge in [0.2, 0.25) is 0 Å². The molecule has 17 heavy (non-hydrogen) atoms. The molecule has 0 saturated heterocycles. The highest BCUT2D eigenvalue weighted by Crippen LogP contribution is 2.37. The van der Waals surface area contributed by atoms with E-state index >= 15 is 0 Å². The third kappa shape index (κ3) is 2.37. The van der Waals surface area contributed by atoms with Crippen LogP contribution >= 0.6 is 11.3 Å². The Morgan fingerprint density at radius 1 is 1.53 bits per heavy atom. The van der Waals surface area contributed by atoms with E-state index in [1.807, 2.05) is 13.0 Å². The van der Waals surface area contributed by atoms with Crippen molar-refractivity contribution >= 4 is 21.4 Å². The second-order valence-corrected chi connectivity index (χ2v) is 7.64. The molecule has 0 aliphatic heterocycles. The van der Waals surface area contributed by atoms with Gasteiger partial charge in [-0.3, -0.25) is 0 Å². The fourth-order valence-corrected chi connectivity index (χ4v) is 4.47. The molecule has 0 N–H and O–H groups in total. The molecule has 0 radical (unpaired) electrons. The van der Waals surface area contributed by atoms with E-state index in [0.717, 1.165) is 24.2 Å². The van der Waals surface area contributed by atoms with Crippen molar-refractivity contribution < 1.29 is 8.42 Å². The Balaban J connectivity index is 2.26. The average molecular weight is 270 g/mol. The van der Waals surface area contributed by atoms with E-state index in [1.165, 1.54) is 10.4 Å². The van der Waals surface area contributed by atoms with E-state index in [-0.39, 0.29) is 10.3 Å². The highest BCUT2D eigenvalue weighted by molar-refractivity contribution is 7.91. The molecular weight excluding hydrogens is 256 g/mol. The third-order valence-electron chi connectivity index (χ3n) is 3.20. The molecule has 0 aromatic carbocycles. The summed E-state index contributed by atoms with van der Waals surface area (Å²) in [6.45, 7) is 1.94. The Kier molecular flexibility index (Phi) is 3.25. The van der Waals surface area contributed by atoms with E-state index in [9.17, 15) is 8.42 Å². The Morgan fingerprint density at radius 2 is 2.18 bits per heavy atom. The van der Waals surface area contributed by atoms with Crippen LogP contribution in [0, 0.1) is 17.2 Å². The smallest absolute Gasteiger partial charge is 0.206 e. The fraction of sp³-hybridized carbons (Fsp3) is 0.545. The number of rotatable bonds is 4. The van der Waals surface area contributed by atoms with Crippen molar-refractivity contribution in [2.75, 3.05) is 7.05 Å². The van der Waals surface area contributed by atoms with Gasteiger partial charge in [0.25, 0.3) is 10.0 Å². The quantitative estimate of drug-likeness (QED) is 0.841. The largest absolute Gasteiger partial charge is 0.252 e. The number of thiophene rings is 1. The summed E-state index contributed by atoms with van der Waals surface area (Å²) in [4.78, 5) is 0.427. The lowest BCUT2D eigenvalue weighted by atomic mass is 10.2. The van der Waals surface area contributed by atoms with E-state index in [1.54, 1.807) is 13.1 Å². The molecule has 1 fully saturated rings. The van der Waals surface area contributed by atoms with Gasteiger partial charge in [0, 0.05) is 13.1 Å². The number of sulfonamides is 1. The van der Waals surface area contributed by atoms with Crippen LogP contribution in [0.4, 0.5) is 0 Å². The molecule has 1 unspecified atom stereocenters. The summed E-state index contributed by atoms with van der Waals surface area (Å²) in [6.07, 6.45) is 2.21. The lowest BCUT2D eigenvalue weighted by Crippen LogP contribution is -2.36. The highest BCUT2D eigenvalue weighted by Gasteiger charge is 2.36. The first-order valence-electron chi connectivity index (χ1n) is 5.45. The van der Waals surface area contributed by atoms with E-state index in [4.69, 9.17) is 5.26 Å². The molecule has 1 saturated carbocycles. The summed E-state index contributed by atoms with van der Waals surface area (Å²) in [7, 11) is -1.82. The zero-order valence-corrected chi connectivity index (χ0v) is 11.4. The number of nitrogens with zero attached hydrogens (tertiary/aromatic N) is 2. The van der Waals surface area contributed by atoms with Gasteiger partial charge >= 0.3 is 0 Å². The highest BCUT2D eigenvalue weighted by atomic mass is 32.2. The van der Waals surface area contributed by atoms with E-state index in [2.05, 4.69) is 0 Å². The van der Waals surface area contributed by atoms with Crippen LogP contribution in [0.15, 0.2) is 16.3 Å². The summed E-state index contributed by atoms with van der Waals surface area (Å²) in [5.74, 6) is 0.491. The molecule has 0 bridgehead atoms. The lowest BCUT2D eigenvalue weighted by molar-refractivity contribution is 0.358. The van der Waals surface area contributed by atoms with Gasteiger partial charge in [0.05, 0.1) is 0 Å². The molecule has 92 valence electrons. The first kappa shape index (κ1) is 12.6. The van der Waals surface area contributed by atoms with Crippen molar-refractivity contribution in [1.82, 2.24) is 4.31 Å². The minimum atomic E-state index is -3.43. The minimum absolute atomic E-state index is 0.0348. The molecule has 1 atom stereocenters. The standard InChI is InChI=1S/C11H14N2O2S2/c1-8(9-3-4-9)13(2)17(14,15)11-6-5-10(7-12)16-11/h5-6,8-9H,3-4H2,1-2H3. The molecule has 0 spiro atoms. The molecule has 6 heteroatoms. The lowest BCUT2D eigenvalue weighted by Gasteiger charge is -2.23. The third-order valence-corrected chi connectivity index (χ3v) is 6.60. The predicted octanol–water partition coefficient (Wildman–Crippen LogP) is 2.04. The Labute approximate surface area is 106 Å². The van der Waals surface area contributed by atoms with Crippen molar-refractivity contribution in [1.29, 1.82) is 5.26 Å². The first-order valence-corrected chi connectivity index (χ1v) is 7.70. The SMILES string of the molecule is CC(C1CC1)N(C)S(=O)(=O)c1ccc(C#N)s1. The Hall–Kier alpha value is -0.900. The molecular formula is C11H14N2O2S2. The second-order valence-electron chi connectivity index (χ2n) is 4.33. The van der Waals surface area contributed by atoms with Gasteiger partial charge in [-0.15, -0.1) is 11.3 Å². The molecule has 2 rings (SSSR count). The first-order chi connectivity index (χ1) is 7.96. The van der Waals surface area contributed by atoms with Crippen molar-refractivity contribution in [3.05, 3.63) is 17.0 Å². The van der Waals surface area contributed by atoms with Gasteiger partial charge in [0.1, 0.15) is 15.2 Å². The molecule has 1 aromatic rings. The topological polar surface area (TPSA) is 61.2 Å². The summed E-state index contributed by atoms with van der Waals surface area (Å²) in [5, 5.41) is 8.71. The summed E-state index contributed by atoms with van der Waals surface area (Å²) < 4.78 is 26.2. The average Bonchev–Trinajstić information content (AvgIpc) is 3.04. The molecule has 1 aromatic heterocycles. The van der Waals surface area contributed by atoms with Crippen LogP contribution in [0.2, 0.25) is 0 Å². The molecule has 4 nitrogen and oxygen atoms in total. The zero-order valence-electron chi connectivity index (χ0n) is 9.75. The van der Waals surface area contributed by atoms with Crippen LogP contribution < -0.4 is 0 Å². The Morgan fingerprint density at radius 3 is 2.65 bits per heavy atom. The van der Waals surface area contributed by atoms with Crippen LogP contribution in [-0.4, -0.2) is 25.8 Å². The summed E-state index contributed by atoms with van der Waals surface area (Å²) >= 11 is 1.03. The summed E-state index contributed by atoms with van der Waals surface area (Å²) in [6, 6.07) is 5.05. The van der Waals surface area contributed by atoms with Crippen molar-refractivity contribution in [3.8, 4) is 6.07 Å². The van der Waals surface area contributed by atoms with Crippen LogP contribution in [0.1, 0.15) is 24.6 Å². The number of hydrogen-bond acceptors (Lipinski definition) is 4. The van der Waals surface area contributed by atoms with Gasteiger partial charge < -0.3 is 0 Å². The number of nitriles is 1. The van der Waals surface area contributed by atoms with Gasteiger partial charge in [-0.2, -0.15) is 9.57 Å². The zero-order chi connectivity index (χ0) is 12.6. The molecule has 1 heterocycles. The van der Waals surface area contributed by atoms with Gasteiger partial charge in [-0.05, 0) is 37.8 Å². The minimum Gasteiger partial charge on any atom is -0.206 e. The Bertz CT molecular complexity index is 552. The normalized spacial score (nSPS) is 18.0. The van der Waals surface area contributed by atoms with Crippen LogP contribution in [0.3, 0.4) is 0 Å². The van der Waals surface area contributed by atoms with Crippen molar-refractivity contribution in [2.45, 2.75) is 30.0 Å². The monoisotopic (exact) mass is 270 g/mol. The van der Waals surface area contributed by atoms with Crippen molar-refractivity contribution in [3.63, 3.8) is 0 Å². The number of hydrogen-bond donors (Lipinski definition) is 0. The van der Waals surface area contributed by atoms with Crippen LogP contribution in [0.25, 0.3) is 0 Å². The predicted molar refractivity (Wildman–Crippen MR) is 66.2 cm³/mol.